The Hall–Kier alpha value is 0.220. The summed E-state index contributed by atoms with van der Waals surface area (Å²) in [6, 6.07) is 0. The molecular formula is C16H26O2S4. The van der Waals surface area contributed by atoms with E-state index in [1.54, 1.807) is 14.2 Å². The standard InChI is InChI=1S/C16H26O2S4/c1-17-15-11(3-7-19)13(5-9-21)16(18-2)14(6-10-22)12(15)4-8-20/h19-22H,3-10H2,1-2H3. The predicted molar refractivity (Wildman–Crippen MR) is 110 cm³/mol. The smallest absolute Gasteiger partial charge is 0.126 e. The number of thiol groups is 4. The van der Waals surface area contributed by atoms with Crippen LogP contribution < -0.4 is 9.47 Å². The maximum absolute atomic E-state index is 5.78. The SMILES string of the molecule is COc1c(CCS)c(CCS)c(OC)c(CCS)c1CCS. The van der Waals surface area contributed by atoms with Gasteiger partial charge in [0, 0.05) is 22.3 Å². The van der Waals surface area contributed by atoms with E-state index in [0.29, 0.717) is 0 Å². The fourth-order valence-electron chi connectivity index (χ4n) is 2.91. The normalized spacial score (nSPS) is 10.8. The summed E-state index contributed by atoms with van der Waals surface area (Å²) in [4.78, 5) is 0. The zero-order chi connectivity index (χ0) is 16.5. The summed E-state index contributed by atoms with van der Waals surface area (Å²) in [5, 5.41) is 0. The fraction of sp³-hybridized carbons (Fsp3) is 0.625. The third kappa shape index (κ3) is 4.62. The maximum atomic E-state index is 5.78. The van der Waals surface area contributed by atoms with E-state index in [-0.39, 0.29) is 0 Å². The number of ether oxygens (including phenoxy) is 2. The van der Waals surface area contributed by atoms with Gasteiger partial charge in [0.1, 0.15) is 11.5 Å². The minimum Gasteiger partial charge on any atom is -0.496 e. The van der Waals surface area contributed by atoms with Crippen LogP contribution in [-0.4, -0.2) is 37.2 Å². The molecule has 0 aliphatic heterocycles. The quantitative estimate of drug-likeness (QED) is 0.466. The highest BCUT2D eigenvalue weighted by Gasteiger charge is 2.23. The molecule has 0 atom stereocenters. The minimum absolute atomic E-state index is 0.769. The van der Waals surface area contributed by atoms with Gasteiger partial charge in [0.15, 0.2) is 0 Å². The Labute approximate surface area is 156 Å². The molecule has 0 aliphatic carbocycles. The van der Waals surface area contributed by atoms with Crippen LogP contribution >= 0.6 is 50.5 Å². The van der Waals surface area contributed by atoms with Gasteiger partial charge in [-0.25, -0.2) is 0 Å². The van der Waals surface area contributed by atoms with Crippen LogP contribution in [0.3, 0.4) is 0 Å². The van der Waals surface area contributed by atoms with Crippen molar-refractivity contribution in [2.24, 2.45) is 0 Å². The van der Waals surface area contributed by atoms with Gasteiger partial charge in [-0.2, -0.15) is 50.5 Å². The average Bonchev–Trinajstić information content (AvgIpc) is 2.52. The van der Waals surface area contributed by atoms with Crippen LogP contribution in [0.2, 0.25) is 0 Å². The average molecular weight is 379 g/mol. The lowest BCUT2D eigenvalue weighted by Gasteiger charge is -2.24. The molecule has 0 aromatic heterocycles. The summed E-state index contributed by atoms with van der Waals surface area (Å²) in [7, 11) is 3.47. The fourth-order valence-corrected chi connectivity index (χ4v) is 3.80. The van der Waals surface area contributed by atoms with Crippen molar-refractivity contribution < 1.29 is 9.47 Å². The zero-order valence-corrected chi connectivity index (χ0v) is 16.8. The Morgan fingerprint density at radius 2 is 0.773 bits per heavy atom. The lowest BCUT2D eigenvalue weighted by Crippen LogP contribution is -2.12. The second kappa shape index (κ2) is 10.9. The molecule has 2 nitrogen and oxygen atoms in total. The van der Waals surface area contributed by atoms with Crippen molar-refractivity contribution in [2.45, 2.75) is 25.7 Å². The van der Waals surface area contributed by atoms with Gasteiger partial charge < -0.3 is 9.47 Å². The van der Waals surface area contributed by atoms with Gasteiger partial charge in [0.25, 0.3) is 0 Å². The molecule has 0 saturated carbocycles. The van der Waals surface area contributed by atoms with Crippen LogP contribution in [0.1, 0.15) is 22.3 Å². The molecule has 1 rings (SSSR count). The van der Waals surface area contributed by atoms with Crippen molar-refractivity contribution in [2.75, 3.05) is 37.2 Å². The van der Waals surface area contributed by atoms with Gasteiger partial charge in [-0.15, -0.1) is 0 Å². The summed E-state index contributed by atoms with van der Waals surface area (Å²) in [6.45, 7) is 0. The number of rotatable bonds is 10. The molecule has 0 amide bonds. The van der Waals surface area contributed by atoms with Gasteiger partial charge in [-0.1, -0.05) is 0 Å². The van der Waals surface area contributed by atoms with Crippen molar-refractivity contribution in [3.05, 3.63) is 22.3 Å². The first-order chi connectivity index (χ1) is 10.7. The first kappa shape index (κ1) is 20.3. The highest BCUT2D eigenvalue weighted by atomic mass is 32.1. The van der Waals surface area contributed by atoms with Crippen LogP contribution in [0.15, 0.2) is 0 Å². The van der Waals surface area contributed by atoms with E-state index in [1.165, 1.54) is 22.3 Å². The van der Waals surface area contributed by atoms with Crippen LogP contribution in [0, 0.1) is 0 Å². The van der Waals surface area contributed by atoms with Crippen LogP contribution in [0.5, 0.6) is 11.5 Å². The van der Waals surface area contributed by atoms with E-state index in [4.69, 9.17) is 9.47 Å². The van der Waals surface area contributed by atoms with Gasteiger partial charge >= 0.3 is 0 Å². The largest absolute Gasteiger partial charge is 0.496 e. The lowest BCUT2D eigenvalue weighted by atomic mass is 9.90. The summed E-state index contributed by atoms with van der Waals surface area (Å²) < 4.78 is 11.6. The molecule has 6 heteroatoms. The molecule has 0 bridgehead atoms. The molecule has 0 spiro atoms. The van der Waals surface area contributed by atoms with Crippen molar-refractivity contribution in [3.8, 4) is 11.5 Å². The van der Waals surface area contributed by atoms with Crippen molar-refractivity contribution in [1.29, 1.82) is 0 Å². The molecule has 0 saturated heterocycles. The second-order valence-corrected chi connectivity index (χ2v) is 6.66. The Bertz CT molecular complexity index is 398. The molecule has 0 heterocycles. The van der Waals surface area contributed by atoms with Crippen molar-refractivity contribution in [3.63, 3.8) is 0 Å². The molecule has 126 valence electrons. The monoisotopic (exact) mass is 378 g/mol. The van der Waals surface area contributed by atoms with E-state index in [2.05, 4.69) is 50.5 Å². The minimum atomic E-state index is 0.769. The van der Waals surface area contributed by atoms with Crippen molar-refractivity contribution >= 4 is 50.5 Å². The topological polar surface area (TPSA) is 18.5 Å². The van der Waals surface area contributed by atoms with Gasteiger partial charge in [-0.05, 0) is 48.7 Å². The van der Waals surface area contributed by atoms with Crippen LogP contribution in [0.4, 0.5) is 0 Å². The van der Waals surface area contributed by atoms with Crippen LogP contribution in [0.25, 0.3) is 0 Å². The number of hydrogen-bond donors (Lipinski definition) is 4. The molecule has 0 aliphatic rings. The van der Waals surface area contributed by atoms with E-state index < -0.39 is 0 Å². The highest BCUT2D eigenvalue weighted by molar-refractivity contribution is 7.80. The second-order valence-electron chi connectivity index (χ2n) is 4.88. The summed E-state index contributed by atoms with van der Waals surface area (Å²) in [5.74, 6) is 5.02. The Balaban J connectivity index is 3.69. The molecule has 0 unspecified atom stereocenters. The van der Waals surface area contributed by atoms with Gasteiger partial charge in [0.2, 0.25) is 0 Å². The third-order valence-corrected chi connectivity index (χ3v) is 4.57. The Morgan fingerprint density at radius 3 is 0.909 bits per heavy atom. The number of hydrogen-bond acceptors (Lipinski definition) is 6. The Kier molecular flexibility index (Phi) is 10.0. The van der Waals surface area contributed by atoms with Gasteiger partial charge in [-0.3, -0.25) is 0 Å². The van der Waals surface area contributed by atoms with E-state index in [1.807, 2.05) is 0 Å². The summed E-state index contributed by atoms with van der Waals surface area (Å²) in [5.41, 5.74) is 4.79. The predicted octanol–water partition coefficient (Wildman–Crippen LogP) is 3.59. The summed E-state index contributed by atoms with van der Waals surface area (Å²) in [6.07, 6.45) is 3.41. The molecular weight excluding hydrogens is 352 g/mol. The summed E-state index contributed by atoms with van der Waals surface area (Å²) >= 11 is 17.6. The van der Waals surface area contributed by atoms with Crippen LogP contribution in [-0.2, 0) is 25.7 Å². The van der Waals surface area contributed by atoms with E-state index in [0.717, 1.165) is 60.2 Å². The highest BCUT2D eigenvalue weighted by Crippen LogP contribution is 2.40. The molecule has 22 heavy (non-hydrogen) atoms. The zero-order valence-electron chi connectivity index (χ0n) is 13.3. The van der Waals surface area contributed by atoms with E-state index in [9.17, 15) is 0 Å². The number of methoxy groups -OCH3 is 2. The molecule has 0 radical (unpaired) electrons. The maximum Gasteiger partial charge on any atom is 0.126 e. The first-order valence-corrected chi connectivity index (χ1v) is 9.93. The first-order valence-electron chi connectivity index (χ1n) is 7.40. The lowest BCUT2D eigenvalue weighted by molar-refractivity contribution is 0.387. The Morgan fingerprint density at radius 1 is 0.545 bits per heavy atom. The van der Waals surface area contributed by atoms with E-state index >= 15 is 0 Å². The van der Waals surface area contributed by atoms with Crippen molar-refractivity contribution in [1.82, 2.24) is 0 Å². The van der Waals surface area contributed by atoms with Gasteiger partial charge in [0.05, 0.1) is 14.2 Å². The third-order valence-electron chi connectivity index (χ3n) is 3.68. The molecule has 0 fully saturated rings. The number of benzene rings is 1. The molecule has 0 N–H and O–H groups in total. The molecule has 1 aromatic carbocycles. The molecule has 1 aromatic rings.